The Morgan fingerprint density at radius 3 is 2.90 bits per heavy atom. The van der Waals surface area contributed by atoms with Crippen LogP contribution < -0.4 is 5.32 Å². The second kappa shape index (κ2) is 8.00. The molecular formula is C19H22N6O4. The molecule has 1 aliphatic heterocycles. The first-order chi connectivity index (χ1) is 14.0. The van der Waals surface area contributed by atoms with Gasteiger partial charge in [-0.1, -0.05) is 31.1 Å². The number of rotatable bonds is 4. The van der Waals surface area contributed by atoms with Crippen LogP contribution in [0.25, 0.3) is 11.4 Å². The van der Waals surface area contributed by atoms with Crippen LogP contribution in [0.4, 0.5) is 10.5 Å². The van der Waals surface area contributed by atoms with Crippen molar-refractivity contribution >= 4 is 11.7 Å². The number of aryl methyl sites for hydroxylation is 1. The van der Waals surface area contributed by atoms with Crippen molar-refractivity contribution in [3.05, 3.63) is 41.9 Å². The Balaban J connectivity index is 1.43. The number of nitrogens with zero attached hydrogens (tertiary/aromatic N) is 5. The molecule has 0 saturated carbocycles. The summed E-state index contributed by atoms with van der Waals surface area (Å²) in [5.74, 6) is 2.03. The molecule has 1 fully saturated rings. The van der Waals surface area contributed by atoms with Gasteiger partial charge in [0, 0.05) is 30.6 Å². The van der Waals surface area contributed by atoms with E-state index >= 15 is 0 Å². The van der Waals surface area contributed by atoms with E-state index < -0.39 is 6.10 Å². The Morgan fingerprint density at radius 2 is 2.17 bits per heavy atom. The van der Waals surface area contributed by atoms with E-state index in [-0.39, 0.29) is 11.9 Å². The summed E-state index contributed by atoms with van der Waals surface area (Å²) in [5.41, 5.74) is 1.39. The molecule has 2 amide bonds. The van der Waals surface area contributed by atoms with E-state index in [4.69, 9.17) is 13.7 Å². The van der Waals surface area contributed by atoms with E-state index in [2.05, 4.69) is 25.7 Å². The molecule has 3 aromatic rings. The Morgan fingerprint density at radius 1 is 1.31 bits per heavy atom. The fourth-order valence-corrected chi connectivity index (χ4v) is 2.95. The van der Waals surface area contributed by atoms with Gasteiger partial charge in [-0.15, -0.1) is 10.2 Å². The molecule has 29 heavy (non-hydrogen) atoms. The predicted molar refractivity (Wildman–Crippen MR) is 102 cm³/mol. The maximum Gasteiger partial charge on any atom is 0.322 e. The molecule has 10 nitrogen and oxygen atoms in total. The summed E-state index contributed by atoms with van der Waals surface area (Å²) in [5, 5.41) is 14.9. The van der Waals surface area contributed by atoms with Gasteiger partial charge in [0.2, 0.25) is 23.5 Å². The Kier molecular flexibility index (Phi) is 5.26. The second-order valence-electron chi connectivity index (χ2n) is 7.09. The Bertz CT molecular complexity index is 998. The predicted octanol–water partition coefficient (Wildman–Crippen LogP) is 3.16. The van der Waals surface area contributed by atoms with Crippen molar-refractivity contribution in [2.75, 3.05) is 25.0 Å². The number of benzene rings is 1. The van der Waals surface area contributed by atoms with Crippen LogP contribution in [0, 0.1) is 6.92 Å². The van der Waals surface area contributed by atoms with Crippen molar-refractivity contribution in [3.63, 3.8) is 0 Å². The molecule has 0 bridgehead atoms. The number of nitrogens with one attached hydrogen (secondary N) is 1. The lowest BCUT2D eigenvalue weighted by molar-refractivity contribution is -0.0276. The van der Waals surface area contributed by atoms with Crippen LogP contribution in [-0.2, 0) is 4.74 Å². The van der Waals surface area contributed by atoms with Gasteiger partial charge < -0.3 is 23.9 Å². The monoisotopic (exact) mass is 398 g/mol. The highest BCUT2D eigenvalue weighted by atomic mass is 16.5. The smallest absolute Gasteiger partial charge is 0.322 e. The fourth-order valence-electron chi connectivity index (χ4n) is 2.95. The third-order valence-electron chi connectivity index (χ3n) is 4.48. The van der Waals surface area contributed by atoms with Gasteiger partial charge in [-0.25, -0.2) is 4.79 Å². The van der Waals surface area contributed by atoms with Crippen molar-refractivity contribution in [2.24, 2.45) is 0 Å². The summed E-state index contributed by atoms with van der Waals surface area (Å²) in [7, 11) is 0. The highest BCUT2D eigenvalue weighted by Gasteiger charge is 2.29. The lowest BCUT2D eigenvalue weighted by Crippen LogP contribution is -2.44. The van der Waals surface area contributed by atoms with E-state index in [1.165, 1.54) is 0 Å². The number of morpholine rings is 1. The van der Waals surface area contributed by atoms with E-state index in [0.29, 0.717) is 48.9 Å². The molecule has 10 heteroatoms. The number of hydrogen-bond donors (Lipinski definition) is 1. The molecule has 1 aliphatic rings. The molecule has 3 heterocycles. The molecule has 2 aromatic heterocycles. The summed E-state index contributed by atoms with van der Waals surface area (Å²) < 4.78 is 16.4. The van der Waals surface area contributed by atoms with E-state index in [1.807, 2.05) is 26.0 Å². The molecule has 0 spiro atoms. The Labute approximate surface area is 167 Å². The van der Waals surface area contributed by atoms with Gasteiger partial charge in [0.25, 0.3) is 0 Å². The number of ether oxygens (including phenoxy) is 1. The molecule has 1 saturated heterocycles. The average Bonchev–Trinajstić information content (AvgIpc) is 3.38. The van der Waals surface area contributed by atoms with E-state index in [9.17, 15) is 4.79 Å². The van der Waals surface area contributed by atoms with Crippen molar-refractivity contribution in [3.8, 4) is 11.4 Å². The zero-order valence-electron chi connectivity index (χ0n) is 16.5. The van der Waals surface area contributed by atoms with E-state index in [1.54, 1.807) is 24.0 Å². The molecule has 152 valence electrons. The minimum absolute atomic E-state index is 0.134. The summed E-state index contributed by atoms with van der Waals surface area (Å²) in [6.07, 6.45) is -0.442. The molecule has 0 radical (unpaired) electrons. The number of aromatic nitrogens is 4. The number of anilines is 1. The van der Waals surface area contributed by atoms with Gasteiger partial charge in [0.1, 0.15) is 0 Å². The minimum Gasteiger partial charge on any atom is -0.422 e. The lowest BCUT2D eigenvalue weighted by Gasteiger charge is -2.31. The van der Waals surface area contributed by atoms with Crippen molar-refractivity contribution in [2.45, 2.75) is 32.8 Å². The standard InChI is InChI=1S/C19H22N6O4/c1-11(2)17-22-23-18(28-17)15-10-25(7-8-27-15)19(26)21-14-6-4-5-13(9-14)16-20-12(3)29-24-16/h4-6,9,11,15H,7-8,10H2,1-3H3,(H,21,26). The number of amides is 2. The summed E-state index contributed by atoms with van der Waals surface area (Å²) in [6, 6.07) is 7.05. The zero-order valence-corrected chi connectivity index (χ0v) is 16.5. The topological polar surface area (TPSA) is 119 Å². The van der Waals surface area contributed by atoms with Gasteiger partial charge in [-0.05, 0) is 12.1 Å². The first kappa shape index (κ1) is 19.1. The molecule has 4 rings (SSSR count). The van der Waals surface area contributed by atoms with Crippen LogP contribution in [0.5, 0.6) is 0 Å². The summed E-state index contributed by atoms with van der Waals surface area (Å²) in [4.78, 5) is 18.6. The van der Waals surface area contributed by atoms with Gasteiger partial charge in [-0.2, -0.15) is 4.98 Å². The van der Waals surface area contributed by atoms with E-state index in [0.717, 1.165) is 5.56 Å². The van der Waals surface area contributed by atoms with Crippen molar-refractivity contribution in [1.82, 2.24) is 25.2 Å². The molecule has 1 unspecified atom stereocenters. The van der Waals surface area contributed by atoms with Crippen LogP contribution in [-0.4, -0.2) is 51.0 Å². The maximum atomic E-state index is 12.8. The SMILES string of the molecule is Cc1nc(-c2cccc(NC(=O)N3CCOC(c4nnc(C(C)C)o4)C3)c2)no1. The third-order valence-corrected chi connectivity index (χ3v) is 4.48. The average molecular weight is 398 g/mol. The van der Waals surface area contributed by atoms with Crippen LogP contribution in [0.15, 0.2) is 33.2 Å². The quantitative estimate of drug-likeness (QED) is 0.712. The first-order valence-corrected chi connectivity index (χ1v) is 9.41. The summed E-state index contributed by atoms with van der Waals surface area (Å²) in [6.45, 7) is 6.86. The normalized spacial score (nSPS) is 17.0. The van der Waals surface area contributed by atoms with Crippen molar-refractivity contribution < 1.29 is 18.5 Å². The molecular weight excluding hydrogens is 376 g/mol. The maximum absolute atomic E-state index is 12.8. The second-order valence-corrected chi connectivity index (χ2v) is 7.09. The first-order valence-electron chi connectivity index (χ1n) is 9.41. The number of hydrogen-bond acceptors (Lipinski definition) is 8. The molecule has 1 N–H and O–H groups in total. The lowest BCUT2D eigenvalue weighted by atomic mass is 10.2. The largest absolute Gasteiger partial charge is 0.422 e. The van der Waals surface area contributed by atoms with Crippen molar-refractivity contribution in [1.29, 1.82) is 0 Å². The van der Waals surface area contributed by atoms with Crippen LogP contribution in [0.3, 0.4) is 0 Å². The van der Waals surface area contributed by atoms with Crippen LogP contribution >= 0.6 is 0 Å². The van der Waals surface area contributed by atoms with Gasteiger partial charge in [0.15, 0.2) is 6.10 Å². The summed E-state index contributed by atoms with van der Waals surface area (Å²) >= 11 is 0. The van der Waals surface area contributed by atoms with Crippen LogP contribution in [0.2, 0.25) is 0 Å². The third kappa shape index (κ3) is 4.27. The highest BCUT2D eigenvalue weighted by molar-refractivity contribution is 5.90. The molecule has 1 aromatic carbocycles. The Hall–Kier alpha value is -3.27. The highest BCUT2D eigenvalue weighted by Crippen LogP contribution is 2.25. The molecule has 0 aliphatic carbocycles. The van der Waals surface area contributed by atoms with Gasteiger partial charge in [0.05, 0.1) is 13.2 Å². The fraction of sp³-hybridized carbons (Fsp3) is 0.421. The van der Waals surface area contributed by atoms with Crippen LogP contribution in [0.1, 0.15) is 43.5 Å². The number of urea groups is 1. The van der Waals surface area contributed by atoms with Gasteiger partial charge in [-0.3, -0.25) is 0 Å². The van der Waals surface area contributed by atoms with Gasteiger partial charge >= 0.3 is 6.03 Å². The molecule has 1 atom stereocenters. The number of carbonyl (C=O) groups excluding carboxylic acids is 1. The number of carbonyl (C=O) groups is 1. The zero-order chi connectivity index (χ0) is 20.4. The minimum atomic E-state index is -0.442.